The molecule has 3 unspecified atom stereocenters. The second-order valence-corrected chi connectivity index (χ2v) is 4.35. The highest BCUT2D eigenvalue weighted by Crippen LogP contribution is 2.36. The Morgan fingerprint density at radius 1 is 1.46 bits per heavy atom. The van der Waals surface area contributed by atoms with Crippen LogP contribution in [0.15, 0.2) is 12.4 Å². The Kier molecular flexibility index (Phi) is 1.65. The molecule has 3 atom stereocenters. The van der Waals surface area contributed by atoms with Gasteiger partial charge in [-0.1, -0.05) is 0 Å². The molecule has 2 aliphatic rings. The molecule has 3 heteroatoms. The Labute approximate surface area is 77.9 Å². The molecule has 2 heterocycles. The second kappa shape index (κ2) is 2.84. The monoisotopic (exact) mass is 177 g/mol. The van der Waals surface area contributed by atoms with Crippen molar-refractivity contribution in [3.63, 3.8) is 0 Å². The topological polar surface area (TPSA) is 40.7 Å². The van der Waals surface area contributed by atoms with Crippen LogP contribution < -0.4 is 5.32 Å². The van der Waals surface area contributed by atoms with Crippen molar-refractivity contribution >= 4 is 0 Å². The molecule has 1 aliphatic heterocycles. The van der Waals surface area contributed by atoms with E-state index in [1.807, 2.05) is 12.4 Å². The van der Waals surface area contributed by atoms with Crippen molar-refractivity contribution in [3.8, 4) is 0 Å². The molecule has 70 valence electrons. The van der Waals surface area contributed by atoms with Gasteiger partial charge in [-0.3, -0.25) is 5.10 Å². The zero-order chi connectivity index (χ0) is 8.67. The minimum atomic E-state index is 0.719. The number of rotatable bonds is 2. The molecular weight excluding hydrogens is 162 g/mol. The molecule has 1 aromatic heterocycles. The van der Waals surface area contributed by atoms with Crippen LogP contribution in [-0.2, 0) is 6.42 Å². The Morgan fingerprint density at radius 2 is 2.46 bits per heavy atom. The molecule has 1 aromatic rings. The molecular formula is C10H15N3. The number of aromatic amines is 1. The van der Waals surface area contributed by atoms with E-state index in [-0.39, 0.29) is 0 Å². The molecule has 0 aromatic carbocycles. The minimum absolute atomic E-state index is 0.719. The summed E-state index contributed by atoms with van der Waals surface area (Å²) in [6.07, 6.45) is 9.33. The fraction of sp³-hybridized carbons (Fsp3) is 0.700. The predicted molar refractivity (Wildman–Crippen MR) is 50.3 cm³/mol. The van der Waals surface area contributed by atoms with E-state index < -0.39 is 0 Å². The van der Waals surface area contributed by atoms with Crippen LogP contribution in [0, 0.1) is 5.92 Å². The van der Waals surface area contributed by atoms with Crippen LogP contribution >= 0.6 is 0 Å². The summed E-state index contributed by atoms with van der Waals surface area (Å²) in [4.78, 5) is 0. The van der Waals surface area contributed by atoms with Crippen LogP contribution in [0.25, 0.3) is 0 Å². The average Bonchev–Trinajstić information content (AvgIpc) is 2.77. The molecule has 1 saturated heterocycles. The molecule has 0 spiro atoms. The molecule has 3 nitrogen and oxygen atoms in total. The van der Waals surface area contributed by atoms with Crippen molar-refractivity contribution in [2.75, 3.05) is 0 Å². The summed E-state index contributed by atoms with van der Waals surface area (Å²) in [5.41, 5.74) is 1.34. The number of hydrogen-bond donors (Lipinski definition) is 2. The summed E-state index contributed by atoms with van der Waals surface area (Å²) in [6.45, 7) is 0. The summed E-state index contributed by atoms with van der Waals surface area (Å²) < 4.78 is 0. The van der Waals surface area contributed by atoms with Gasteiger partial charge >= 0.3 is 0 Å². The first-order chi connectivity index (χ1) is 6.42. The lowest BCUT2D eigenvalue weighted by atomic mass is 9.95. The SMILES string of the molecule is c1n[nH]cc1CC1NC2CCC1C2. The van der Waals surface area contributed by atoms with E-state index in [0.717, 1.165) is 24.4 Å². The van der Waals surface area contributed by atoms with E-state index in [1.54, 1.807) is 0 Å². The largest absolute Gasteiger partial charge is 0.311 e. The third-order valence-electron chi connectivity index (χ3n) is 3.50. The van der Waals surface area contributed by atoms with Gasteiger partial charge in [0.25, 0.3) is 0 Å². The fourth-order valence-electron chi connectivity index (χ4n) is 2.84. The number of nitrogens with one attached hydrogen (secondary N) is 2. The smallest absolute Gasteiger partial charge is 0.0519 e. The van der Waals surface area contributed by atoms with Crippen LogP contribution in [-0.4, -0.2) is 22.3 Å². The van der Waals surface area contributed by atoms with Crippen molar-refractivity contribution in [1.29, 1.82) is 0 Å². The molecule has 2 bridgehead atoms. The lowest BCUT2D eigenvalue weighted by molar-refractivity contribution is 0.379. The highest BCUT2D eigenvalue weighted by Gasteiger charge is 2.38. The van der Waals surface area contributed by atoms with Crippen molar-refractivity contribution in [3.05, 3.63) is 18.0 Å². The first-order valence-electron chi connectivity index (χ1n) is 5.15. The first-order valence-corrected chi connectivity index (χ1v) is 5.15. The number of hydrogen-bond acceptors (Lipinski definition) is 2. The van der Waals surface area contributed by atoms with Crippen molar-refractivity contribution in [2.45, 2.75) is 37.8 Å². The number of nitrogens with zero attached hydrogens (tertiary/aromatic N) is 1. The normalized spacial score (nSPS) is 37.1. The minimum Gasteiger partial charge on any atom is -0.311 e. The summed E-state index contributed by atoms with van der Waals surface area (Å²) in [6, 6.07) is 1.54. The van der Waals surface area contributed by atoms with Gasteiger partial charge in [0.05, 0.1) is 6.20 Å². The maximum absolute atomic E-state index is 3.97. The van der Waals surface area contributed by atoms with E-state index in [9.17, 15) is 0 Å². The predicted octanol–water partition coefficient (Wildman–Crippen LogP) is 1.09. The maximum atomic E-state index is 3.97. The average molecular weight is 177 g/mol. The lowest BCUT2D eigenvalue weighted by Gasteiger charge is -2.22. The quantitative estimate of drug-likeness (QED) is 0.710. The molecule has 13 heavy (non-hydrogen) atoms. The second-order valence-electron chi connectivity index (χ2n) is 4.35. The molecule has 1 saturated carbocycles. The Balaban J connectivity index is 1.68. The molecule has 1 aliphatic carbocycles. The maximum Gasteiger partial charge on any atom is 0.0519 e. The highest BCUT2D eigenvalue weighted by atomic mass is 15.1. The van der Waals surface area contributed by atoms with E-state index in [4.69, 9.17) is 0 Å². The van der Waals surface area contributed by atoms with E-state index >= 15 is 0 Å². The van der Waals surface area contributed by atoms with Crippen molar-refractivity contribution in [1.82, 2.24) is 15.5 Å². The number of H-pyrrole nitrogens is 1. The Bertz CT molecular complexity index is 280. The summed E-state index contributed by atoms with van der Waals surface area (Å²) >= 11 is 0. The number of piperidine rings is 1. The molecule has 2 fully saturated rings. The standard InChI is InChI=1S/C10H15N3/c1-2-9-4-8(1)10(13-9)3-7-5-11-12-6-7/h5-6,8-10,13H,1-4H2,(H,11,12). The van der Waals surface area contributed by atoms with E-state index in [2.05, 4.69) is 15.5 Å². The third-order valence-corrected chi connectivity index (χ3v) is 3.50. The summed E-state index contributed by atoms with van der Waals surface area (Å²) in [7, 11) is 0. The van der Waals surface area contributed by atoms with Crippen LogP contribution in [0.3, 0.4) is 0 Å². The van der Waals surface area contributed by atoms with Gasteiger partial charge in [-0.25, -0.2) is 0 Å². The first kappa shape index (κ1) is 7.56. The highest BCUT2D eigenvalue weighted by molar-refractivity contribution is 5.09. The van der Waals surface area contributed by atoms with Crippen LogP contribution in [0.5, 0.6) is 0 Å². The third kappa shape index (κ3) is 1.27. The van der Waals surface area contributed by atoms with Gasteiger partial charge in [0.15, 0.2) is 0 Å². The molecule has 0 radical (unpaired) electrons. The Hall–Kier alpha value is -0.830. The van der Waals surface area contributed by atoms with Gasteiger partial charge in [-0.15, -0.1) is 0 Å². The lowest BCUT2D eigenvalue weighted by Crippen LogP contribution is -2.36. The molecule has 3 rings (SSSR count). The van der Waals surface area contributed by atoms with Gasteiger partial charge in [0, 0.05) is 18.3 Å². The number of aromatic nitrogens is 2. The molecule has 2 N–H and O–H groups in total. The van der Waals surface area contributed by atoms with Gasteiger partial charge in [-0.05, 0) is 37.2 Å². The van der Waals surface area contributed by atoms with Crippen LogP contribution in [0.2, 0.25) is 0 Å². The zero-order valence-electron chi connectivity index (χ0n) is 7.66. The van der Waals surface area contributed by atoms with E-state index in [1.165, 1.54) is 24.8 Å². The summed E-state index contributed by atoms with van der Waals surface area (Å²) in [5.74, 6) is 0.930. The van der Waals surface area contributed by atoms with Crippen molar-refractivity contribution < 1.29 is 0 Å². The van der Waals surface area contributed by atoms with Gasteiger partial charge in [-0.2, -0.15) is 5.10 Å². The van der Waals surface area contributed by atoms with E-state index in [0.29, 0.717) is 0 Å². The van der Waals surface area contributed by atoms with Gasteiger partial charge in [0.1, 0.15) is 0 Å². The molecule has 0 amide bonds. The Morgan fingerprint density at radius 3 is 3.08 bits per heavy atom. The van der Waals surface area contributed by atoms with Gasteiger partial charge in [0.2, 0.25) is 0 Å². The summed E-state index contributed by atoms with van der Waals surface area (Å²) in [5, 5.41) is 10.5. The van der Waals surface area contributed by atoms with Crippen LogP contribution in [0.4, 0.5) is 0 Å². The zero-order valence-corrected chi connectivity index (χ0v) is 7.66. The van der Waals surface area contributed by atoms with Crippen LogP contribution in [0.1, 0.15) is 24.8 Å². The van der Waals surface area contributed by atoms with Crippen molar-refractivity contribution in [2.24, 2.45) is 5.92 Å². The van der Waals surface area contributed by atoms with Gasteiger partial charge < -0.3 is 5.32 Å². The number of fused-ring (bicyclic) bond motifs is 2. The fourth-order valence-corrected chi connectivity index (χ4v) is 2.84.